The molecule has 1 aliphatic heterocycles. The molecule has 7 heteroatoms. The van der Waals surface area contributed by atoms with Crippen molar-refractivity contribution in [3.63, 3.8) is 0 Å². The molecule has 28 heavy (non-hydrogen) atoms. The maximum atomic E-state index is 14.1. The summed E-state index contributed by atoms with van der Waals surface area (Å²) < 4.78 is 26.3. The molecule has 0 unspecified atom stereocenters. The third-order valence-corrected chi connectivity index (χ3v) is 5.92. The molecule has 0 saturated carbocycles. The Labute approximate surface area is 164 Å². The van der Waals surface area contributed by atoms with Crippen LogP contribution in [-0.4, -0.2) is 30.1 Å². The van der Waals surface area contributed by atoms with Crippen LogP contribution in [0.4, 0.5) is 9.52 Å². The Bertz CT molecular complexity index is 1130. The minimum Gasteiger partial charge on any atom is -0.451 e. The lowest BCUT2D eigenvalue weighted by atomic mass is 10.2. The first kappa shape index (κ1) is 17.3. The predicted molar refractivity (Wildman–Crippen MR) is 106 cm³/mol. The number of amides is 1. The first-order valence-corrected chi connectivity index (χ1v) is 9.98. The number of halogens is 1. The number of rotatable bonds is 4. The molecule has 1 saturated heterocycles. The van der Waals surface area contributed by atoms with E-state index < -0.39 is 5.82 Å². The SMILES string of the molecule is O=C(c1cc2ccccc2o1)N(C[C@@H]1CCCO1)c1nc2c(F)cccc2s1. The third kappa shape index (κ3) is 3.06. The van der Waals surface area contributed by atoms with Gasteiger partial charge in [-0.3, -0.25) is 9.69 Å². The van der Waals surface area contributed by atoms with E-state index in [0.29, 0.717) is 28.6 Å². The second-order valence-electron chi connectivity index (χ2n) is 6.78. The average Bonchev–Trinajstić information content (AvgIpc) is 3.44. The monoisotopic (exact) mass is 396 g/mol. The van der Waals surface area contributed by atoms with Gasteiger partial charge in [0.05, 0.1) is 17.3 Å². The molecule has 1 amide bonds. The summed E-state index contributed by atoms with van der Waals surface area (Å²) in [6, 6.07) is 14.0. The normalized spacial score (nSPS) is 16.8. The number of thiazole rings is 1. The van der Waals surface area contributed by atoms with Crippen molar-refractivity contribution in [2.45, 2.75) is 18.9 Å². The van der Waals surface area contributed by atoms with Crippen LogP contribution in [0.2, 0.25) is 0 Å². The fraction of sp³-hybridized carbons (Fsp3) is 0.238. The number of aromatic nitrogens is 1. The van der Waals surface area contributed by atoms with E-state index in [1.54, 1.807) is 23.1 Å². The van der Waals surface area contributed by atoms with E-state index in [1.165, 1.54) is 17.4 Å². The molecule has 4 aromatic rings. The van der Waals surface area contributed by atoms with Gasteiger partial charge in [-0.2, -0.15) is 0 Å². The molecule has 1 fully saturated rings. The minimum atomic E-state index is -0.395. The van der Waals surface area contributed by atoms with E-state index in [4.69, 9.17) is 9.15 Å². The first-order valence-electron chi connectivity index (χ1n) is 9.16. The quantitative estimate of drug-likeness (QED) is 0.487. The molecule has 1 atom stereocenters. The topological polar surface area (TPSA) is 55.6 Å². The number of hydrogen-bond donors (Lipinski definition) is 0. The lowest BCUT2D eigenvalue weighted by Gasteiger charge is -2.22. The Kier molecular flexibility index (Phi) is 4.33. The molecular formula is C21H17FN2O3S. The van der Waals surface area contributed by atoms with Crippen molar-refractivity contribution in [3.05, 3.63) is 60.1 Å². The third-order valence-electron chi connectivity index (χ3n) is 4.88. The maximum absolute atomic E-state index is 14.1. The van der Waals surface area contributed by atoms with Gasteiger partial charge in [-0.1, -0.05) is 35.6 Å². The summed E-state index contributed by atoms with van der Waals surface area (Å²) in [5.74, 6) is -0.460. The molecule has 1 aliphatic rings. The van der Waals surface area contributed by atoms with Crippen LogP contribution in [0.25, 0.3) is 21.2 Å². The number of para-hydroxylation sites is 2. The lowest BCUT2D eigenvalue weighted by molar-refractivity contribution is 0.0896. The number of benzene rings is 2. The number of fused-ring (bicyclic) bond motifs is 2. The van der Waals surface area contributed by atoms with Crippen LogP contribution in [0.3, 0.4) is 0 Å². The summed E-state index contributed by atoms with van der Waals surface area (Å²) in [4.78, 5) is 19.3. The largest absolute Gasteiger partial charge is 0.451 e. The van der Waals surface area contributed by atoms with Crippen LogP contribution in [0.5, 0.6) is 0 Å². The van der Waals surface area contributed by atoms with Gasteiger partial charge in [0.25, 0.3) is 5.91 Å². The highest BCUT2D eigenvalue weighted by atomic mass is 32.1. The molecule has 142 valence electrons. The van der Waals surface area contributed by atoms with Crippen LogP contribution in [-0.2, 0) is 4.74 Å². The van der Waals surface area contributed by atoms with Crippen LogP contribution in [0.1, 0.15) is 23.4 Å². The number of nitrogens with zero attached hydrogens (tertiary/aromatic N) is 2. The Morgan fingerprint density at radius 3 is 2.93 bits per heavy atom. The maximum Gasteiger partial charge on any atom is 0.295 e. The zero-order valence-corrected chi connectivity index (χ0v) is 15.7. The average molecular weight is 396 g/mol. The molecule has 5 rings (SSSR count). The highest BCUT2D eigenvalue weighted by Crippen LogP contribution is 2.32. The van der Waals surface area contributed by atoms with Crippen LogP contribution < -0.4 is 4.90 Å². The summed E-state index contributed by atoms with van der Waals surface area (Å²) in [5, 5.41) is 1.30. The number of anilines is 1. The van der Waals surface area contributed by atoms with Gasteiger partial charge in [-0.25, -0.2) is 9.37 Å². The second-order valence-corrected chi connectivity index (χ2v) is 7.79. The predicted octanol–water partition coefficient (Wildman–Crippen LogP) is 5.01. The van der Waals surface area contributed by atoms with Gasteiger partial charge < -0.3 is 9.15 Å². The zero-order chi connectivity index (χ0) is 19.1. The van der Waals surface area contributed by atoms with Crippen molar-refractivity contribution in [2.24, 2.45) is 0 Å². The van der Waals surface area contributed by atoms with Gasteiger partial charge in [-0.05, 0) is 37.1 Å². The van der Waals surface area contributed by atoms with Gasteiger partial charge in [0.15, 0.2) is 10.9 Å². The summed E-state index contributed by atoms with van der Waals surface area (Å²) in [5.41, 5.74) is 0.926. The Balaban J connectivity index is 1.56. The van der Waals surface area contributed by atoms with Crippen LogP contribution in [0, 0.1) is 5.82 Å². The number of carbonyl (C=O) groups excluding carboxylic acids is 1. The fourth-order valence-corrected chi connectivity index (χ4v) is 4.47. The van der Waals surface area contributed by atoms with Crippen molar-refractivity contribution in [2.75, 3.05) is 18.1 Å². The summed E-state index contributed by atoms with van der Waals surface area (Å²) in [6.07, 6.45) is 1.78. The van der Waals surface area contributed by atoms with E-state index in [9.17, 15) is 9.18 Å². The van der Waals surface area contributed by atoms with E-state index in [0.717, 1.165) is 18.2 Å². The molecule has 3 heterocycles. The molecule has 2 aromatic carbocycles. The Morgan fingerprint density at radius 1 is 1.25 bits per heavy atom. The first-order chi connectivity index (χ1) is 13.7. The van der Waals surface area contributed by atoms with Gasteiger partial charge in [-0.15, -0.1) is 0 Å². The van der Waals surface area contributed by atoms with Crippen molar-refractivity contribution < 1.29 is 18.3 Å². The number of hydrogen-bond acceptors (Lipinski definition) is 5. The number of carbonyl (C=O) groups is 1. The van der Waals surface area contributed by atoms with Crippen molar-refractivity contribution >= 4 is 43.6 Å². The Morgan fingerprint density at radius 2 is 2.14 bits per heavy atom. The summed E-state index contributed by atoms with van der Waals surface area (Å²) in [7, 11) is 0. The molecule has 0 aliphatic carbocycles. The molecule has 2 aromatic heterocycles. The van der Waals surface area contributed by atoms with Crippen molar-refractivity contribution in [1.82, 2.24) is 4.98 Å². The van der Waals surface area contributed by atoms with E-state index in [1.807, 2.05) is 24.3 Å². The molecule has 0 radical (unpaired) electrons. The van der Waals surface area contributed by atoms with Crippen molar-refractivity contribution in [3.8, 4) is 0 Å². The summed E-state index contributed by atoms with van der Waals surface area (Å²) in [6.45, 7) is 1.04. The Hall–Kier alpha value is -2.77. The molecular weight excluding hydrogens is 379 g/mol. The van der Waals surface area contributed by atoms with E-state index in [2.05, 4.69) is 4.98 Å². The van der Waals surface area contributed by atoms with E-state index >= 15 is 0 Å². The second kappa shape index (κ2) is 7.00. The van der Waals surface area contributed by atoms with Gasteiger partial charge in [0, 0.05) is 12.0 Å². The molecule has 0 bridgehead atoms. The van der Waals surface area contributed by atoms with E-state index in [-0.39, 0.29) is 23.3 Å². The molecule has 0 N–H and O–H groups in total. The number of ether oxygens (including phenoxy) is 1. The lowest BCUT2D eigenvalue weighted by Crippen LogP contribution is -2.37. The highest BCUT2D eigenvalue weighted by Gasteiger charge is 2.29. The van der Waals surface area contributed by atoms with Crippen molar-refractivity contribution in [1.29, 1.82) is 0 Å². The standard InChI is InChI=1S/C21H17FN2O3S/c22-15-7-3-9-18-19(15)23-21(28-18)24(12-14-6-4-10-26-14)20(25)17-11-13-5-1-2-8-16(13)27-17/h1-3,5,7-9,11,14H,4,6,10,12H2/t14-/m0/s1. The molecule has 0 spiro atoms. The van der Waals surface area contributed by atoms with Crippen LogP contribution in [0.15, 0.2) is 52.9 Å². The fourth-order valence-electron chi connectivity index (χ4n) is 3.48. The summed E-state index contributed by atoms with van der Waals surface area (Å²) >= 11 is 1.29. The zero-order valence-electron chi connectivity index (χ0n) is 14.9. The van der Waals surface area contributed by atoms with Gasteiger partial charge in [0.1, 0.15) is 16.9 Å². The molecule has 5 nitrogen and oxygen atoms in total. The van der Waals surface area contributed by atoms with Gasteiger partial charge in [0.2, 0.25) is 0 Å². The highest BCUT2D eigenvalue weighted by molar-refractivity contribution is 7.22. The smallest absolute Gasteiger partial charge is 0.295 e. The number of furan rings is 1. The minimum absolute atomic E-state index is 0.0646. The van der Waals surface area contributed by atoms with Crippen LogP contribution >= 0.6 is 11.3 Å². The van der Waals surface area contributed by atoms with Gasteiger partial charge >= 0.3 is 0 Å².